The third-order valence-corrected chi connectivity index (χ3v) is 3.13. The molecule has 0 aliphatic rings. The molecule has 3 aromatic rings. The molecule has 0 saturated carbocycles. The summed E-state index contributed by atoms with van der Waals surface area (Å²) in [7, 11) is 2.91. The molecule has 2 heterocycles. The Morgan fingerprint density at radius 1 is 1.22 bits per heavy atom. The number of carbonyl (C=O) groups excluding carboxylic acids is 1. The fourth-order valence-corrected chi connectivity index (χ4v) is 2.07. The molecule has 0 saturated heterocycles. The van der Waals surface area contributed by atoms with Crippen molar-refractivity contribution in [3.05, 3.63) is 47.7 Å². The summed E-state index contributed by atoms with van der Waals surface area (Å²) < 4.78 is 20.2. The highest BCUT2D eigenvalue weighted by atomic mass is 16.5. The molecule has 3 rings (SSSR count). The van der Waals surface area contributed by atoms with E-state index < -0.39 is 5.97 Å². The molecule has 7 heteroatoms. The van der Waals surface area contributed by atoms with Gasteiger partial charge in [-0.2, -0.15) is 4.98 Å². The molecule has 118 valence electrons. The van der Waals surface area contributed by atoms with Crippen LogP contribution in [-0.4, -0.2) is 30.3 Å². The predicted octanol–water partition coefficient (Wildman–Crippen LogP) is 2.93. The van der Waals surface area contributed by atoms with Crippen LogP contribution in [0.15, 0.2) is 45.3 Å². The summed E-state index contributed by atoms with van der Waals surface area (Å²) in [4.78, 5) is 15.7. The van der Waals surface area contributed by atoms with Crippen LogP contribution in [0.1, 0.15) is 16.1 Å². The third-order valence-electron chi connectivity index (χ3n) is 3.13. The van der Waals surface area contributed by atoms with Crippen molar-refractivity contribution in [2.45, 2.75) is 6.61 Å². The number of ether oxygens (including phenoxy) is 2. The second-order valence-corrected chi connectivity index (χ2v) is 4.71. The molecule has 0 atom stereocenters. The molecule has 2 aromatic heterocycles. The molecule has 0 N–H and O–H groups in total. The number of rotatable bonds is 5. The van der Waals surface area contributed by atoms with Crippen molar-refractivity contribution in [2.24, 2.45) is 0 Å². The molecule has 0 aliphatic heterocycles. The van der Waals surface area contributed by atoms with Gasteiger partial charge in [-0.3, -0.25) is 0 Å². The number of furan rings is 1. The Bertz CT molecular complexity index is 821. The molecule has 0 amide bonds. The van der Waals surface area contributed by atoms with Crippen molar-refractivity contribution in [3.63, 3.8) is 0 Å². The lowest BCUT2D eigenvalue weighted by Crippen LogP contribution is -1.98. The van der Waals surface area contributed by atoms with Crippen LogP contribution >= 0.6 is 0 Å². The van der Waals surface area contributed by atoms with Gasteiger partial charge in [0.1, 0.15) is 0 Å². The number of benzene rings is 1. The maximum absolute atomic E-state index is 11.4. The van der Waals surface area contributed by atoms with Gasteiger partial charge in [0.15, 0.2) is 5.76 Å². The van der Waals surface area contributed by atoms with Crippen LogP contribution < -0.4 is 0 Å². The minimum Gasteiger partial charge on any atom is -0.463 e. The quantitative estimate of drug-likeness (QED) is 0.669. The molecular formula is C16H14N2O5. The normalized spacial score (nSPS) is 10.7. The fraction of sp³-hybridized carbons (Fsp3) is 0.188. The first kappa shape index (κ1) is 15.0. The molecule has 23 heavy (non-hydrogen) atoms. The van der Waals surface area contributed by atoms with Gasteiger partial charge in [-0.05, 0) is 23.8 Å². The van der Waals surface area contributed by atoms with Crippen LogP contribution in [0, 0.1) is 0 Å². The van der Waals surface area contributed by atoms with Gasteiger partial charge < -0.3 is 18.4 Å². The summed E-state index contributed by atoms with van der Waals surface area (Å²) in [6.45, 7) is 0.499. The van der Waals surface area contributed by atoms with Crippen molar-refractivity contribution < 1.29 is 23.2 Å². The standard InChI is InChI=1S/C16H14N2O5/c1-20-9-10-4-3-5-11(8-10)14-17-15(23-18-14)12-6-7-13(22-12)16(19)21-2/h3-8H,9H2,1-2H3. The lowest BCUT2D eigenvalue weighted by Gasteiger charge is -2.00. The van der Waals surface area contributed by atoms with E-state index in [4.69, 9.17) is 13.7 Å². The Morgan fingerprint density at radius 3 is 2.87 bits per heavy atom. The van der Waals surface area contributed by atoms with Gasteiger partial charge in [-0.15, -0.1) is 0 Å². The van der Waals surface area contributed by atoms with Crippen molar-refractivity contribution in [1.82, 2.24) is 10.1 Å². The monoisotopic (exact) mass is 314 g/mol. The first-order valence-electron chi connectivity index (χ1n) is 6.81. The molecule has 1 aromatic carbocycles. The molecule has 0 fully saturated rings. The van der Waals surface area contributed by atoms with E-state index in [0.717, 1.165) is 11.1 Å². The van der Waals surface area contributed by atoms with Gasteiger partial charge in [-0.1, -0.05) is 23.4 Å². The topological polar surface area (TPSA) is 87.6 Å². The second kappa shape index (κ2) is 6.45. The van der Waals surface area contributed by atoms with Crippen LogP contribution in [0.2, 0.25) is 0 Å². The van der Waals surface area contributed by atoms with Gasteiger partial charge in [0, 0.05) is 12.7 Å². The highest BCUT2D eigenvalue weighted by Gasteiger charge is 2.17. The molecule has 0 radical (unpaired) electrons. The van der Waals surface area contributed by atoms with Crippen molar-refractivity contribution in [3.8, 4) is 23.0 Å². The largest absolute Gasteiger partial charge is 0.463 e. The number of hydrogen-bond donors (Lipinski definition) is 0. The van der Waals surface area contributed by atoms with Gasteiger partial charge in [0.25, 0.3) is 5.89 Å². The lowest BCUT2D eigenvalue weighted by atomic mass is 10.1. The Morgan fingerprint density at radius 2 is 2.09 bits per heavy atom. The Hall–Kier alpha value is -2.93. The summed E-state index contributed by atoms with van der Waals surface area (Å²) in [5.41, 5.74) is 1.80. The van der Waals surface area contributed by atoms with Gasteiger partial charge in [-0.25, -0.2) is 4.79 Å². The number of hydrogen-bond acceptors (Lipinski definition) is 7. The summed E-state index contributed by atoms with van der Waals surface area (Å²) in [6, 6.07) is 10.7. The molecule has 0 aliphatic carbocycles. The van der Waals surface area contributed by atoms with E-state index >= 15 is 0 Å². The van der Waals surface area contributed by atoms with E-state index in [1.807, 2.05) is 24.3 Å². The zero-order valence-corrected chi connectivity index (χ0v) is 12.6. The average Bonchev–Trinajstić information content (AvgIpc) is 3.24. The third kappa shape index (κ3) is 3.14. The van der Waals surface area contributed by atoms with Crippen molar-refractivity contribution in [2.75, 3.05) is 14.2 Å². The van der Waals surface area contributed by atoms with Crippen molar-refractivity contribution >= 4 is 5.97 Å². The SMILES string of the molecule is COCc1cccc(-c2noc(-c3ccc(C(=O)OC)o3)n2)c1. The van der Waals surface area contributed by atoms with Gasteiger partial charge >= 0.3 is 5.97 Å². The summed E-state index contributed by atoms with van der Waals surface area (Å²) in [5, 5.41) is 3.94. The molecule has 0 unspecified atom stereocenters. The van der Waals surface area contributed by atoms with Crippen LogP contribution in [0.25, 0.3) is 23.0 Å². The van der Waals surface area contributed by atoms with Crippen LogP contribution in [0.5, 0.6) is 0 Å². The summed E-state index contributed by atoms with van der Waals surface area (Å²) >= 11 is 0. The Kier molecular flexibility index (Phi) is 4.20. The minimum absolute atomic E-state index is 0.0735. The first-order chi connectivity index (χ1) is 11.2. The summed E-state index contributed by atoms with van der Waals surface area (Å²) in [6.07, 6.45) is 0. The Balaban J connectivity index is 1.87. The average molecular weight is 314 g/mol. The highest BCUT2D eigenvalue weighted by molar-refractivity contribution is 5.86. The molecule has 0 spiro atoms. The predicted molar refractivity (Wildman–Crippen MR) is 79.5 cm³/mol. The smallest absolute Gasteiger partial charge is 0.373 e. The van der Waals surface area contributed by atoms with E-state index in [1.54, 1.807) is 13.2 Å². The van der Waals surface area contributed by atoms with E-state index in [1.165, 1.54) is 13.2 Å². The molecule has 0 bridgehead atoms. The number of esters is 1. The van der Waals surface area contributed by atoms with E-state index in [9.17, 15) is 4.79 Å². The number of nitrogens with zero attached hydrogens (tertiary/aromatic N) is 2. The minimum atomic E-state index is -0.566. The maximum Gasteiger partial charge on any atom is 0.373 e. The lowest BCUT2D eigenvalue weighted by molar-refractivity contribution is 0.0566. The van der Waals surface area contributed by atoms with Crippen molar-refractivity contribution in [1.29, 1.82) is 0 Å². The zero-order valence-electron chi connectivity index (χ0n) is 12.6. The summed E-state index contributed by atoms with van der Waals surface area (Å²) in [5.74, 6) is 0.422. The van der Waals surface area contributed by atoms with Crippen LogP contribution in [-0.2, 0) is 16.1 Å². The van der Waals surface area contributed by atoms with E-state index in [2.05, 4.69) is 14.9 Å². The number of carbonyl (C=O) groups is 1. The number of methoxy groups -OCH3 is 2. The molecule has 7 nitrogen and oxygen atoms in total. The van der Waals surface area contributed by atoms with Gasteiger partial charge in [0.2, 0.25) is 11.6 Å². The maximum atomic E-state index is 11.4. The Labute approximate surface area is 131 Å². The molecular weight excluding hydrogens is 300 g/mol. The first-order valence-corrected chi connectivity index (χ1v) is 6.81. The van der Waals surface area contributed by atoms with Crippen LogP contribution in [0.4, 0.5) is 0 Å². The highest BCUT2D eigenvalue weighted by Crippen LogP contribution is 2.24. The zero-order chi connectivity index (χ0) is 16.2. The van der Waals surface area contributed by atoms with E-state index in [0.29, 0.717) is 18.2 Å². The second-order valence-electron chi connectivity index (χ2n) is 4.71. The van der Waals surface area contributed by atoms with E-state index in [-0.39, 0.29) is 11.7 Å². The van der Waals surface area contributed by atoms with Crippen LogP contribution in [0.3, 0.4) is 0 Å². The number of aromatic nitrogens is 2. The van der Waals surface area contributed by atoms with Gasteiger partial charge in [0.05, 0.1) is 13.7 Å². The fourth-order valence-electron chi connectivity index (χ4n) is 2.07.